The molecule has 120 valence electrons. The number of nitrogens with zero attached hydrogens (tertiary/aromatic N) is 1. The molecule has 22 heavy (non-hydrogen) atoms. The van der Waals surface area contributed by atoms with Crippen LogP contribution in [-0.4, -0.2) is 36.1 Å². The number of carbonyl (C=O) groups is 1. The summed E-state index contributed by atoms with van der Waals surface area (Å²) >= 11 is 0. The fraction of sp³-hybridized carbons (Fsp3) is 0.562. The third kappa shape index (κ3) is 2.97. The highest BCUT2D eigenvalue weighted by atomic mass is 19.4. The molecule has 0 N–H and O–H groups in total. The molecule has 2 aliphatic rings. The minimum Gasteiger partial charge on any atom is -0.374 e. The smallest absolute Gasteiger partial charge is 0.374 e. The van der Waals surface area contributed by atoms with Gasteiger partial charge in [0.15, 0.2) is 0 Å². The zero-order valence-electron chi connectivity index (χ0n) is 12.1. The molecule has 0 radical (unpaired) electrons. The van der Waals surface area contributed by atoms with Crippen LogP contribution in [0.1, 0.15) is 41.6 Å². The van der Waals surface area contributed by atoms with Crippen LogP contribution in [0.25, 0.3) is 0 Å². The molecule has 2 fully saturated rings. The first-order valence-corrected chi connectivity index (χ1v) is 7.56. The number of halogens is 3. The van der Waals surface area contributed by atoms with Gasteiger partial charge in [-0.15, -0.1) is 0 Å². The maximum absolute atomic E-state index is 12.6. The van der Waals surface area contributed by atoms with E-state index in [0.717, 1.165) is 37.8 Å². The van der Waals surface area contributed by atoms with Gasteiger partial charge in [-0.2, -0.15) is 13.2 Å². The predicted molar refractivity (Wildman–Crippen MR) is 74.5 cm³/mol. The molecular formula is C16H18F3NO2. The van der Waals surface area contributed by atoms with Crippen LogP contribution in [0.2, 0.25) is 0 Å². The lowest BCUT2D eigenvalue weighted by Crippen LogP contribution is -2.54. The molecule has 1 heterocycles. The number of carbonyl (C=O) groups excluding carboxylic acids is 1. The Bertz CT molecular complexity index is 539. The highest BCUT2D eigenvalue weighted by molar-refractivity contribution is 5.94. The van der Waals surface area contributed by atoms with E-state index in [4.69, 9.17) is 4.74 Å². The molecular weight excluding hydrogens is 295 g/mol. The summed E-state index contributed by atoms with van der Waals surface area (Å²) < 4.78 is 43.5. The molecule has 0 unspecified atom stereocenters. The lowest BCUT2D eigenvalue weighted by atomic mass is 9.89. The molecule has 0 bridgehead atoms. The van der Waals surface area contributed by atoms with Crippen molar-refractivity contribution in [2.24, 2.45) is 0 Å². The van der Waals surface area contributed by atoms with Crippen molar-refractivity contribution in [2.75, 3.05) is 13.2 Å². The van der Waals surface area contributed by atoms with Gasteiger partial charge < -0.3 is 9.64 Å². The van der Waals surface area contributed by atoms with E-state index >= 15 is 0 Å². The Morgan fingerprint density at radius 1 is 1.14 bits per heavy atom. The lowest BCUT2D eigenvalue weighted by Gasteiger charge is -2.43. The summed E-state index contributed by atoms with van der Waals surface area (Å²) in [6.45, 7) is 0.995. The van der Waals surface area contributed by atoms with Gasteiger partial charge in [-0.05, 0) is 37.1 Å². The van der Waals surface area contributed by atoms with Crippen molar-refractivity contribution >= 4 is 5.91 Å². The van der Waals surface area contributed by atoms with Gasteiger partial charge in [0, 0.05) is 12.1 Å². The number of benzene rings is 1. The second-order valence-corrected chi connectivity index (χ2v) is 5.83. The van der Waals surface area contributed by atoms with Gasteiger partial charge in [-0.1, -0.05) is 12.8 Å². The second kappa shape index (κ2) is 5.91. The topological polar surface area (TPSA) is 29.5 Å². The van der Waals surface area contributed by atoms with E-state index in [2.05, 4.69) is 0 Å². The van der Waals surface area contributed by atoms with Crippen LogP contribution in [0.15, 0.2) is 24.3 Å². The number of amides is 1. The SMILES string of the molecule is O=C(c1ccc(C(F)(F)F)cc1)N1CCO[C@H]2CCCC[C@@H]21. The summed E-state index contributed by atoms with van der Waals surface area (Å²) in [6, 6.07) is 4.51. The number of morpholine rings is 1. The minimum atomic E-state index is -4.38. The maximum atomic E-state index is 12.6. The van der Waals surface area contributed by atoms with Crippen molar-refractivity contribution in [2.45, 2.75) is 44.0 Å². The summed E-state index contributed by atoms with van der Waals surface area (Å²) in [5.74, 6) is -0.200. The molecule has 1 saturated heterocycles. The van der Waals surface area contributed by atoms with E-state index < -0.39 is 11.7 Å². The molecule has 1 aliphatic carbocycles. The zero-order valence-corrected chi connectivity index (χ0v) is 12.1. The van der Waals surface area contributed by atoms with Crippen LogP contribution < -0.4 is 0 Å². The second-order valence-electron chi connectivity index (χ2n) is 5.83. The third-order valence-electron chi connectivity index (χ3n) is 4.45. The average molecular weight is 313 g/mol. The van der Waals surface area contributed by atoms with Crippen LogP contribution in [0.5, 0.6) is 0 Å². The molecule has 0 aromatic heterocycles. The quantitative estimate of drug-likeness (QED) is 0.794. The Labute approximate surface area is 127 Å². The normalized spacial score (nSPS) is 25.7. The molecule has 1 amide bonds. The van der Waals surface area contributed by atoms with Gasteiger partial charge in [0.05, 0.1) is 24.3 Å². The molecule has 0 spiro atoms. The maximum Gasteiger partial charge on any atom is 0.416 e. The molecule has 3 nitrogen and oxygen atoms in total. The molecule has 1 aromatic carbocycles. The fourth-order valence-corrected chi connectivity index (χ4v) is 3.32. The Balaban J connectivity index is 1.78. The molecule has 2 atom stereocenters. The molecule has 1 aliphatic heterocycles. The Hall–Kier alpha value is -1.56. The molecule has 1 saturated carbocycles. The Kier molecular flexibility index (Phi) is 4.12. The largest absolute Gasteiger partial charge is 0.416 e. The summed E-state index contributed by atoms with van der Waals surface area (Å²) in [6.07, 6.45) is -0.306. The summed E-state index contributed by atoms with van der Waals surface area (Å²) in [5.41, 5.74) is -0.430. The van der Waals surface area contributed by atoms with Crippen molar-refractivity contribution in [1.82, 2.24) is 4.90 Å². The first-order chi connectivity index (χ1) is 10.5. The monoisotopic (exact) mass is 313 g/mol. The van der Waals surface area contributed by atoms with Crippen molar-refractivity contribution in [3.05, 3.63) is 35.4 Å². The zero-order chi connectivity index (χ0) is 15.7. The van der Waals surface area contributed by atoms with Crippen molar-refractivity contribution in [3.63, 3.8) is 0 Å². The summed E-state index contributed by atoms with van der Waals surface area (Å²) in [4.78, 5) is 14.4. The van der Waals surface area contributed by atoms with Crippen LogP contribution in [-0.2, 0) is 10.9 Å². The predicted octanol–water partition coefficient (Wildman–Crippen LogP) is 3.49. The van der Waals surface area contributed by atoms with Gasteiger partial charge in [0.1, 0.15) is 0 Å². The summed E-state index contributed by atoms with van der Waals surface area (Å²) in [5, 5.41) is 0. The van der Waals surface area contributed by atoms with E-state index in [1.165, 1.54) is 12.1 Å². The Morgan fingerprint density at radius 2 is 1.82 bits per heavy atom. The van der Waals surface area contributed by atoms with Gasteiger partial charge >= 0.3 is 6.18 Å². The molecule has 6 heteroatoms. The third-order valence-corrected chi connectivity index (χ3v) is 4.45. The highest BCUT2D eigenvalue weighted by Gasteiger charge is 2.37. The van der Waals surface area contributed by atoms with Crippen LogP contribution >= 0.6 is 0 Å². The minimum absolute atomic E-state index is 0.0530. The van der Waals surface area contributed by atoms with Gasteiger partial charge in [-0.25, -0.2) is 0 Å². The number of alkyl halides is 3. The van der Waals surface area contributed by atoms with E-state index in [0.29, 0.717) is 18.7 Å². The lowest BCUT2D eigenvalue weighted by molar-refractivity contribution is -0.137. The first-order valence-electron chi connectivity index (χ1n) is 7.56. The number of hydrogen-bond donors (Lipinski definition) is 0. The van der Waals surface area contributed by atoms with Crippen molar-refractivity contribution in [1.29, 1.82) is 0 Å². The van der Waals surface area contributed by atoms with E-state index in [1.807, 2.05) is 0 Å². The van der Waals surface area contributed by atoms with Crippen LogP contribution in [0, 0.1) is 0 Å². The van der Waals surface area contributed by atoms with Gasteiger partial charge in [-0.3, -0.25) is 4.79 Å². The average Bonchev–Trinajstić information content (AvgIpc) is 2.53. The fourth-order valence-electron chi connectivity index (χ4n) is 3.32. The summed E-state index contributed by atoms with van der Waals surface area (Å²) in [7, 11) is 0. The van der Waals surface area contributed by atoms with Crippen molar-refractivity contribution < 1.29 is 22.7 Å². The van der Waals surface area contributed by atoms with E-state index in [9.17, 15) is 18.0 Å². The van der Waals surface area contributed by atoms with E-state index in [-0.39, 0.29) is 18.1 Å². The molecule has 1 aromatic rings. The number of hydrogen-bond acceptors (Lipinski definition) is 2. The van der Waals surface area contributed by atoms with E-state index in [1.54, 1.807) is 4.90 Å². The Morgan fingerprint density at radius 3 is 2.50 bits per heavy atom. The number of fused-ring (bicyclic) bond motifs is 1. The van der Waals surface area contributed by atoms with Gasteiger partial charge in [0.25, 0.3) is 5.91 Å². The standard InChI is InChI=1S/C16H18F3NO2/c17-16(18,19)12-7-5-11(6-8-12)15(21)20-9-10-22-14-4-2-1-3-13(14)20/h5-8,13-14H,1-4,9-10H2/t13-,14-/m0/s1. The van der Waals surface area contributed by atoms with Crippen LogP contribution in [0.3, 0.4) is 0 Å². The highest BCUT2D eigenvalue weighted by Crippen LogP contribution is 2.31. The number of ether oxygens (including phenoxy) is 1. The van der Waals surface area contributed by atoms with Crippen LogP contribution in [0.4, 0.5) is 13.2 Å². The molecule has 3 rings (SSSR count). The van der Waals surface area contributed by atoms with Crippen molar-refractivity contribution in [3.8, 4) is 0 Å². The van der Waals surface area contributed by atoms with Gasteiger partial charge in [0.2, 0.25) is 0 Å². The first kappa shape index (κ1) is 15.3. The number of rotatable bonds is 1.